The number of hydrogen-bond acceptors (Lipinski definition) is 5. The standard InChI is InChI=1S/C17H12FN3O3/c1-10(22)11-2-4-12(5-3-11)15(23)19-17-21-20-16(24-17)13-6-8-14(18)9-7-13/h2-9H,1H3,(H,19,21,23). The predicted octanol–water partition coefficient (Wildman–Crippen LogP) is 3.33. The molecule has 0 saturated carbocycles. The quantitative estimate of drug-likeness (QED) is 0.744. The van der Waals surface area contributed by atoms with Crippen molar-refractivity contribution in [1.29, 1.82) is 0 Å². The monoisotopic (exact) mass is 325 g/mol. The van der Waals surface area contributed by atoms with Crippen LogP contribution in [-0.2, 0) is 0 Å². The van der Waals surface area contributed by atoms with E-state index >= 15 is 0 Å². The highest BCUT2D eigenvalue weighted by molar-refractivity contribution is 6.04. The summed E-state index contributed by atoms with van der Waals surface area (Å²) in [6.45, 7) is 1.45. The molecule has 0 radical (unpaired) electrons. The molecule has 6 nitrogen and oxygen atoms in total. The minimum Gasteiger partial charge on any atom is -0.403 e. The van der Waals surface area contributed by atoms with Gasteiger partial charge in [-0.05, 0) is 43.3 Å². The van der Waals surface area contributed by atoms with Gasteiger partial charge in [0.15, 0.2) is 5.78 Å². The van der Waals surface area contributed by atoms with Gasteiger partial charge >= 0.3 is 6.01 Å². The summed E-state index contributed by atoms with van der Waals surface area (Å²) in [6.07, 6.45) is 0. The van der Waals surface area contributed by atoms with E-state index in [1.807, 2.05) is 0 Å². The van der Waals surface area contributed by atoms with Gasteiger partial charge in [-0.2, -0.15) is 0 Å². The van der Waals surface area contributed by atoms with E-state index in [0.29, 0.717) is 16.7 Å². The van der Waals surface area contributed by atoms with Gasteiger partial charge in [-0.15, -0.1) is 5.10 Å². The molecule has 24 heavy (non-hydrogen) atoms. The smallest absolute Gasteiger partial charge is 0.322 e. The Balaban J connectivity index is 1.73. The zero-order chi connectivity index (χ0) is 17.1. The third kappa shape index (κ3) is 3.35. The van der Waals surface area contributed by atoms with Crippen LogP contribution >= 0.6 is 0 Å². The van der Waals surface area contributed by atoms with E-state index in [4.69, 9.17) is 4.42 Å². The van der Waals surface area contributed by atoms with E-state index in [0.717, 1.165) is 0 Å². The Kier molecular flexibility index (Phi) is 4.15. The van der Waals surface area contributed by atoms with Crippen LogP contribution in [0.2, 0.25) is 0 Å². The first-order valence-electron chi connectivity index (χ1n) is 7.05. The molecule has 0 aliphatic heterocycles. The summed E-state index contributed by atoms with van der Waals surface area (Å²) in [4.78, 5) is 23.3. The lowest BCUT2D eigenvalue weighted by atomic mass is 10.1. The molecule has 1 amide bonds. The number of carbonyl (C=O) groups is 2. The van der Waals surface area contributed by atoms with E-state index in [1.165, 1.54) is 43.3 Å². The molecule has 0 aliphatic carbocycles. The fourth-order valence-electron chi connectivity index (χ4n) is 2.01. The van der Waals surface area contributed by atoms with Crippen molar-refractivity contribution in [3.05, 3.63) is 65.5 Å². The summed E-state index contributed by atoms with van der Waals surface area (Å²) in [5.74, 6) is -0.736. The van der Waals surface area contributed by atoms with Gasteiger partial charge in [0.1, 0.15) is 5.82 Å². The van der Waals surface area contributed by atoms with Gasteiger partial charge in [0, 0.05) is 16.7 Å². The third-order valence-electron chi connectivity index (χ3n) is 3.29. The van der Waals surface area contributed by atoms with Gasteiger partial charge in [0.25, 0.3) is 5.91 Å². The Morgan fingerprint density at radius 3 is 2.21 bits per heavy atom. The third-order valence-corrected chi connectivity index (χ3v) is 3.29. The fourth-order valence-corrected chi connectivity index (χ4v) is 2.01. The van der Waals surface area contributed by atoms with Crippen molar-refractivity contribution < 1.29 is 18.4 Å². The summed E-state index contributed by atoms with van der Waals surface area (Å²) in [6, 6.07) is 11.7. The number of nitrogens with zero attached hydrogens (tertiary/aromatic N) is 2. The van der Waals surface area contributed by atoms with E-state index in [2.05, 4.69) is 15.5 Å². The lowest BCUT2D eigenvalue weighted by Gasteiger charge is -2.01. The lowest BCUT2D eigenvalue weighted by molar-refractivity contribution is 0.100. The molecular formula is C17H12FN3O3. The number of aromatic nitrogens is 2. The van der Waals surface area contributed by atoms with Crippen molar-refractivity contribution in [2.24, 2.45) is 0 Å². The summed E-state index contributed by atoms with van der Waals surface area (Å²) in [5, 5.41) is 10.0. The van der Waals surface area contributed by atoms with Gasteiger partial charge < -0.3 is 4.42 Å². The second-order valence-electron chi connectivity index (χ2n) is 5.01. The molecule has 0 fully saturated rings. The number of halogens is 1. The maximum Gasteiger partial charge on any atom is 0.322 e. The molecule has 0 aliphatic rings. The van der Waals surface area contributed by atoms with Crippen LogP contribution in [0.25, 0.3) is 11.5 Å². The normalized spacial score (nSPS) is 10.4. The topological polar surface area (TPSA) is 85.1 Å². The van der Waals surface area contributed by atoms with Crippen LogP contribution in [0, 0.1) is 5.82 Å². The van der Waals surface area contributed by atoms with Crippen LogP contribution < -0.4 is 5.32 Å². The molecule has 0 saturated heterocycles. The Morgan fingerprint density at radius 1 is 0.958 bits per heavy atom. The highest BCUT2D eigenvalue weighted by Crippen LogP contribution is 2.20. The maximum atomic E-state index is 12.9. The number of hydrogen-bond donors (Lipinski definition) is 1. The summed E-state index contributed by atoms with van der Waals surface area (Å²) >= 11 is 0. The average Bonchev–Trinajstić information content (AvgIpc) is 3.04. The summed E-state index contributed by atoms with van der Waals surface area (Å²) < 4.78 is 18.2. The first-order valence-corrected chi connectivity index (χ1v) is 7.05. The number of anilines is 1. The summed E-state index contributed by atoms with van der Waals surface area (Å²) in [7, 11) is 0. The van der Waals surface area contributed by atoms with Gasteiger partial charge in [-0.25, -0.2) is 4.39 Å². The molecule has 1 N–H and O–H groups in total. The Bertz CT molecular complexity index is 886. The molecule has 0 bridgehead atoms. The van der Waals surface area contributed by atoms with Crippen molar-refractivity contribution in [2.45, 2.75) is 6.92 Å². The average molecular weight is 325 g/mol. The molecule has 3 aromatic rings. The van der Waals surface area contributed by atoms with E-state index in [9.17, 15) is 14.0 Å². The zero-order valence-corrected chi connectivity index (χ0v) is 12.6. The molecule has 3 rings (SSSR count). The Labute approximate surface area is 136 Å². The Hall–Kier alpha value is -3.35. The van der Waals surface area contributed by atoms with Crippen LogP contribution in [0.15, 0.2) is 52.9 Å². The van der Waals surface area contributed by atoms with Crippen molar-refractivity contribution in [2.75, 3.05) is 5.32 Å². The van der Waals surface area contributed by atoms with Crippen LogP contribution in [-0.4, -0.2) is 21.9 Å². The molecule has 7 heteroatoms. The highest BCUT2D eigenvalue weighted by Gasteiger charge is 2.13. The maximum absolute atomic E-state index is 12.9. The fraction of sp³-hybridized carbons (Fsp3) is 0.0588. The Morgan fingerprint density at radius 2 is 1.58 bits per heavy atom. The van der Waals surface area contributed by atoms with Crippen molar-refractivity contribution in [3.63, 3.8) is 0 Å². The van der Waals surface area contributed by atoms with Crippen LogP contribution in [0.3, 0.4) is 0 Å². The van der Waals surface area contributed by atoms with E-state index in [1.54, 1.807) is 12.1 Å². The number of rotatable bonds is 4. The molecule has 1 heterocycles. The van der Waals surface area contributed by atoms with Crippen molar-refractivity contribution in [1.82, 2.24) is 10.2 Å². The molecule has 0 atom stereocenters. The first kappa shape index (κ1) is 15.5. The molecule has 2 aromatic carbocycles. The number of carbonyl (C=O) groups excluding carboxylic acids is 2. The van der Waals surface area contributed by atoms with E-state index < -0.39 is 5.91 Å². The second-order valence-corrected chi connectivity index (χ2v) is 5.01. The molecule has 120 valence electrons. The minimum atomic E-state index is -0.445. The van der Waals surface area contributed by atoms with Crippen molar-refractivity contribution in [3.8, 4) is 11.5 Å². The molecule has 1 aromatic heterocycles. The van der Waals surface area contributed by atoms with Gasteiger partial charge in [0.2, 0.25) is 5.89 Å². The van der Waals surface area contributed by atoms with Crippen LogP contribution in [0.5, 0.6) is 0 Å². The summed E-state index contributed by atoms with van der Waals surface area (Å²) in [5.41, 5.74) is 1.40. The zero-order valence-electron chi connectivity index (χ0n) is 12.6. The van der Waals surface area contributed by atoms with E-state index in [-0.39, 0.29) is 23.5 Å². The number of ketones is 1. The minimum absolute atomic E-state index is 0.0741. The molecular weight excluding hydrogens is 313 g/mol. The highest BCUT2D eigenvalue weighted by atomic mass is 19.1. The molecule has 0 unspecified atom stereocenters. The van der Waals surface area contributed by atoms with Gasteiger partial charge in [-0.3, -0.25) is 14.9 Å². The van der Waals surface area contributed by atoms with Gasteiger partial charge in [-0.1, -0.05) is 17.2 Å². The second kappa shape index (κ2) is 6.41. The number of Topliss-reactive ketones (excluding diaryl/α,β-unsaturated/α-hetero) is 1. The largest absolute Gasteiger partial charge is 0.403 e. The van der Waals surface area contributed by atoms with Crippen LogP contribution in [0.4, 0.5) is 10.4 Å². The predicted molar refractivity (Wildman–Crippen MR) is 84.1 cm³/mol. The first-order chi connectivity index (χ1) is 11.5. The number of nitrogens with one attached hydrogen (secondary N) is 1. The lowest BCUT2D eigenvalue weighted by Crippen LogP contribution is -2.12. The van der Waals surface area contributed by atoms with Crippen LogP contribution in [0.1, 0.15) is 27.6 Å². The van der Waals surface area contributed by atoms with Gasteiger partial charge in [0.05, 0.1) is 0 Å². The SMILES string of the molecule is CC(=O)c1ccc(C(=O)Nc2nnc(-c3ccc(F)cc3)o2)cc1. The molecule has 0 spiro atoms. The number of benzene rings is 2. The number of amides is 1. The van der Waals surface area contributed by atoms with Crippen molar-refractivity contribution >= 4 is 17.7 Å².